The van der Waals surface area contributed by atoms with Gasteiger partial charge in [0.2, 0.25) is 11.3 Å². The Morgan fingerprint density at radius 2 is 2.00 bits per heavy atom. The molecule has 4 nitrogen and oxygen atoms in total. The fraction of sp³-hybridized carbons (Fsp3) is 0.778. The molecular formula is C9H14Cl2N4. The Kier molecular flexibility index (Phi) is 3.70. The van der Waals surface area contributed by atoms with E-state index >= 15 is 0 Å². The van der Waals surface area contributed by atoms with Crippen LogP contribution >= 0.6 is 23.4 Å². The van der Waals surface area contributed by atoms with Gasteiger partial charge in [0.25, 0.3) is 0 Å². The van der Waals surface area contributed by atoms with Crippen LogP contribution in [-0.4, -0.2) is 28.4 Å². The molecule has 0 radical (unpaired) electrons. The Balaban J connectivity index is 1.94. The van der Waals surface area contributed by atoms with E-state index in [-0.39, 0.29) is 5.29 Å². The van der Waals surface area contributed by atoms with Crippen LogP contribution in [0.15, 0.2) is 9.98 Å². The molecule has 84 valence electrons. The van der Waals surface area contributed by atoms with Crippen LogP contribution in [0.25, 0.3) is 0 Å². The number of nitrogens with zero attached hydrogens (tertiary/aromatic N) is 3. The molecule has 1 N–H and O–H groups in total. The largest absolute Gasteiger partial charge is 0.352 e. The van der Waals surface area contributed by atoms with Crippen molar-refractivity contribution in [2.45, 2.75) is 38.1 Å². The summed E-state index contributed by atoms with van der Waals surface area (Å²) in [5.41, 5.74) is 0. The summed E-state index contributed by atoms with van der Waals surface area (Å²) in [6.45, 7) is 0.360. The Labute approximate surface area is 99.5 Å². The van der Waals surface area contributed by atoms with Crippen LogP contribution in [-0.2, 0) is 0 Å². The number of halogens is 2. The fourth-order valence-electron chi connectivity index (χ4n) is 1.90. The zero-order valence-electron chi connectivity index (χ0n) is 8.42. The third kappa shape index (κ3) is 2.98. The normalized spacial score (nSPS) is 23.5. The van der Waals surface area contributed by atoms with Crippen LogP contribution in [0.4, 0.5) is 0 Å². The van der Waals surface area contributed by atoms with Gasteiger partial charge in [0, 0.05) is 17.8 Å². The highest BCUT2D eigenvalue weighted by atomic mass is 35.5. The van der Waals surface area contributed by atoms with E-state index in [1.54, 1.807) is 0 Å². The molecule has 0 unspecified atom stereocenters. The molecule has 2 aliphatic rings. The molecule has 2 rings (SSSR count). The van der Waals surface area contributed by atoms with Gasteiger partial charge in [-0.05, 0) is 24.4 Å². The quantitative estimate of drug-likeness (QED) is 0.572. The first-order chi connectivity index (χ1) is 7.25. The summed E-state index contributed by atoms with van der Waals surface area (Å²) >= 11 is 11.7. The van der Waals surface area contributed by atoms with Crippen molar-refractivity contribution < 1.29 is 0 Å². The first kappa shape index (κ1) is 11.0. The predicted molar refractivity (Wildman–Crippen MR) is 63.3 cm³/mol. The number of guanidine groups is 1. The second kappa shape index (κ2) is 5.03. The molecular weight excluding hydrogens is 235 g/mol. The fourth-order valence-corrected chi connectivity index (χ4v) is 2.17. The number of rotatable bonds is 1. The molecule has 0 bridgehead atoms. The average molecular weight is 249 g/mol. The van der Waals surface area contributed by atoms with Crippen molar-refractivity contribution in [3.8, 4) is 0 Å². The monoisotopic (exact) mass is 248 g/mol. The van der Waals surface area contributed by atoms with Crippen molar-refractivity contribution in [3.63, 3.8) is 0 Å². The van der Waals surface area contributed by atoms with Crippen LogP contribution in [0.1, 0.15) is 32.1 Å². The van der Waals surface area contributed by atoms with Crippen LogP contribution < -0.4 is 5.32 Å². The number of nitrogens with one attached hydrogen (secondary N) is 1. The minimum Gasteiger partial charge on any atom is -0.352 e. The first-order valence-corrected chi connectivity index (χ1v) is 5.96. The summed E-state index contributed by atoms with van der Waals surface area (Å²) in [6.07, 6.45) is 6.23. The van der Waals surface area contributed by atoms with E-state index in [4.69, 9.17) is 23.4 Å². The number of hydrogen-bond acceptors (Lipinski definition) is 4. The summed E-state index contributed by atoms with van der Waals surface area (Å²) in [5, 5.41) is 3.59. The average Bonchev–Trinajstić information content (AvgIpc) is 2.25. The lowest BCUT2D eigenvalue weighted by molar-refractivity contribution is 0.403. The van der Waals surface area contributed by atoms with E-state index in [1.165, 1.54) is 36.5 Å². The van der Waals surface area contributed by atoms with Gasteiger partial charge in [-0.25, -0.2) is 9.41 Å². The highest BCUT2D eigenvalue weighted by molar-refractivity contribution is 6.65. The van der Waals surface area contributed by atoms with E-state index in [1.807, 2.05) is 0 Å². The number of amidine groups is 1. The van der Waals surface area contributed by atoms with Crippen LogP contribution in [0.3, 0.4) is 0 Å². The standard InChI is InChI=1S/C9H14Cl2N4/c10-8-12-6-15(11)9(14-8)13-7-4-2-1-3-5-7/h7H,1-6H2,(H,12,13,14). The summed E-state index contributed by atoms with van der Waals surface area (Å²) in [4.78, 5) is 7.98. The van der Waals surface area contributed by atoms with Crippen molar-refractivity contribution in [2.75, 3.05) is 6.67 Å². The molecule has 0 saturated heterocycles. The van der Waals surface area contributed by atoms with Gasteiger partial charge >= 0.3 is 0 Å². The van der Waals surface area contributed by atoms with Gasteiger partial charge in [0.1, 0.15) is 6.67 Å². The van der Waals surface area contributed by atoms with E-state index in [2.05, 4.69) is 15.3 Å². The SMILES string of the molecule is ClC1=NCN(Cl)C(NC2CCCCC2)=N1. The summed E-state index contributed by atoms with van der Waals surface area (Å²) < 4.78 is 1.46. The van der Waals surface area contributed by atoms with Crippen molar-refractivity contribution in [1.29, 1.82) is 0 Å². The summed E-state index contributed by atoms with van der Waals surface area (Å²) in [7, 11) is 0. The first-order valence-electron chi connectivity index (χ1n) is 5.24. The van der Waals surface area contributed by atoms with Crippen LogP contribution in [0, 0.1) is 0 Å². The molecule has 0 atom stereocenters. The molecule has 1 saturated carbocycles. The molecule has 1 aliphatic heterocycles. The lowest BCUT2D eigenvalue weighted by atomic mass is 9.96. The maximum absolute atomic E-state index is 5.94. The Morgan fingerprint density at radius 3 is 2.73 bits per heavy atom. The third-order valence-corrected chi connectivity index (χ3v) is 3.16. The van der Waals surface area contributed by atoms with Crippen molar-refractivity contribution in [1.82, 2.24) is 9.74 Å². The molecule has 6 heteroatoms. The van der Waals surface area contributed by atoms with Gasteiger partial charge in [-0.1, -0.05) is 19.3 Å². The lowest BCUT2D eigenvalue weighted by Gasteiger charge is -2.28. The smallest absolute Gasteiger partial charge is 0.222 e. The van der Waals surface area contributed by atoms with Gasteiger partial charge in [-0.15, -0.1) is 0 Å². The Hall–Kier alpha value is -0.480. The highest BCUT2D eigenvalue weighted by Gasteiger charge is 2.19. The molecule has 0 amide bonds. The molecule has 0 aromatic rings. The number of aliphatic imine (C=N–C) groups is 2. The molecule has 0 aromatic heterocycles. The minimum atomic E-state index is 0.269. The molecule has 0 spiro atoms. The van der Waals surface area contributed by atoms with Crippen LogP contribution in [0.5, 0.6) is 0 Å². The highest BCUT2D eigenvalue weighted by Crippen LogP contribution is 2.18. The maximum Gasteiger partial charge on any atom is 0.222 e. The van der Waals surface area contributed by atoms with E-state index in [0.717, 1.165) is 0 Å². The lowest BCUT2D eigenvalue weighted by Crippen LogP contribution is -2.44. The number of hydrogen-bond donors (Lipinski definition) is 1. The summed E-state index contributed by atoms with van der Waals surface area (Å²) in [5.74, 6) is 0.628. The molecule has 0 aromatic carbocycles. The zero-order valence-corrected chi connectivity index (χ0v) is 9.93. The van der Waals surface area contributed by atoms with Gasteiger partial charge in [0.15, 0.2) is 0 Å². The second-order valence-electron chi connectivity index (χ2n) is 3.85. The third-order valence-electron chi connectivity index (χ3n) is 2.69. The Bertz CT molecular complexity index is 284. The van der Waals surface area contributed by atoms with Crippen LogP contribution in [0.2, 0.25) is 0 Å². The molecule has 15 heavy (non-hydrogen) atoms. The van der Waals surface area contributed by atoms with Gasteiger partial charge in [-0.2, -0.15) is 4.99 Å². The minimum absolute atomic E-state index is 0.269. The second-order valence-corrected chi connectivity index (χ2v) is 4.59. The van der Waals surface area contributed by atoms with Crippen molar-refractivity contribution in [3.05, 3.63) is 0 Å². The maximum atomic E-state index is 5.94. The van der Waals surface area contributed by atoms with Crippen molar-refractivity contribution in [2.24, 2.45) is 9.98 Å². The van der Waals surface area contributed by atoms with E-state index in [0.29, 0.717) is 18.7 Å². The molecule has 1 fully saturated rings. The van der Waals surface area contributed by atoms with Gasteiger partial charge in [0.05, 0.1) is 0 Å². The Morgan fingerprint density at radius 1 is 1.27 bits per heavy atom. The molecule has 1 heterocycles. The van der Waals surface area contributed by atoms with Gasteiger partial charge in [-0.3, -0.25) is 0 Å². The van der Waals surface area contributed by atoms with Crippen molar-refractivity contribution >= 4 is 34.6 Å². The van der Waals surface area contributed by atoms with E-state index < -0.39 is 0 Å². The topological polar surface area (TPSA) is 40.0 Å². The van der Waals surface area contributed by atoms with E-state index in [9.17, 15) is 0 Å². The van der Waals surface area contributed by atoms with Gasteiger partial charge < -0.3 is 5.32 Å². The predicted octanol–water partition coefficient (Wildman–Crippen LogP) is 2.29. The zero-order chi connectivity index (χ0) is 10.7. The molecule has 1 aliphatic carbocycles. The summed E-state index contributed by atoms with van der Waals surface area (Å²) in [6, 6.07) is 0.473.